The Balaban J connectivity index is 2.36. The highest BCUT2D eigenvalue weighted by Crippen LogP contribution is 2.28. The predicted octanol–water partition coefficient (Wildman–Crippen LogP) is 4.09. The van der Waals surface area contributed by atoms with Crippen LogP contribution in [0.4, 0.5) is 8.78 Å². The molecule has 2 rings (SSSR count). The zero-order chi connectivity index (χ0) is 16.8. The maximum atomic E-state index is 12.3. The average Bonchev–Trinajstić information content (AvgIpc) is 2.56. The van der Waals surface area contributed by atoms with Gasteiger partial charge in [-0.1, -0.05) is 32.0 Å². The van der Waals surface area contributed by atoms with E-state index in [1.807, 2.05) is 30.0 Å². The van der Waals surface area contributed by atoms with Crippen molar-refractivity contribution in [1.29, 1.82) is 0 Å². The second-order valence-corrected chi connectivity index (χ2v) is 6.58. The molecule has 2 aromatic rings. The molecule has 1 heterocycles. The largest absolute Gasteiger partial charge is 0.346 e. The molecular formula is C17H20F2N2OS. The Hall–Kier alpha value is -1.69. The second-order valence-electron chi connectivity index (χ2n) is 5.26. The standard InChI is InChI=1S/C17H20F2N2OS/c1-3-23-10-11(2)12-5-4-6-13-14(7-8-20-16(12)13)17(22)21-9-15(18)19/h4-8,11,15H,3,9-10H2,1-2H3,(H,21,22). The van der Waals surface area contributed by atoms with Crippen LogP contribution < -0.4 is 5.32 Å². The number of para-hydroxylation sites is 1. The molecule has 124 valence electrons. The van der Waals surface area contributed by atoms with Crippen molar-refractivity contribution in [1.82, 2.24) is 10.3 Å². The first kappa shape index (κ1) is 17.7. The number of carbonyl (C=O) groups excluding carboxylic acids is 1. The van der Waals surface area contributed by atoms with E-state index in [1.54, 1.807) is 12.3 Å². The Morgan fingerprint density at radius 2 is 2.13 bits per heavy atom. The molecule has 0 saturated carbocycles. The van der Waals surface area contributed by atoms with Crippen LogP contribution in [-0.4, -0.2) is 35.4 Å². The summed E-state index contributed by atoms with van der Waals surface area (Å²) < 4.78 is 24.6. The monoisotopic (exact) mass is 338 g/mol. The summed E-state index contributed by atoms with van der Waals surface area (Å²) in [7, 11) is 0. The second kappa shape index (κ2) is 8.24. The predicted molar refractivity (Wildman–Crippen MR) is 91.5 cm³/mol. The Morgan fingerprint density at radius 1 is 1.35 bits per heavy atom. The van der Waals surface area contributed by atoms with Crippen molar-refractivity contribution in [2.75, 3.05) is 18.1 Å². The van der Waals surface area contributed by atoms with Crippen LogP contribution in [0.25, 0.3) is 10.9 Å². The molecular weight excluding hydrogens is 318 g/mol. The van der Waals surface area contributed by atoms with Gasteiger partial charge in [-0.15, -0.1) is 0 Å². The molecule has 6 heteroatoms. The normalized spacial score (nSPS) is 12.6. The number of hydrogen-bond donors (Lipinski definition) is 1. The third-order valence-corrected chi connectivity index (χ3v) is 4.71. The molecule has 3 nitrogen and oxygen atoms in total. The van der Waals surface area contributed by atoms with E-state index in [0.717, 1.165) is 22.6 Å². The van der Waals surface area contributed by atoms with Gasteiger partial charge in [0.15, 0.2) is 0 Å². The molecule has 1 unspecified atom stereocenters. The summed E-state index contributed by atoms with van der Waals surface area (Å²) in [5.41, 5.74) is 2.22. The van der Waals surface area contributed by atoms with Gasteiger partial charge in [0.05, 0.1) is 17.6 Å². The number of hydrogen-bond acceptors (Lipinski definition) is 3. The van der Waals surface area contributed by atoms with Crippen LogP contribution in [0.15, 0.2) is 30.5 Å². The zero-order valence-electron chi connectivity index (χ0n) is 13.2. The van der Waals surface area contributed by atoms with Crippen LogP contribution in [0, 0.1) is 0 Å². The smallest absolute Gasteiger partial charge is 0.255 e. The lowest BCUT2D eigenvalue weighted by Gasteiger charge is -2.15. The summed E-state index contributed by atoms with van der Waals surface area (Å²) in [6.07, 6.45) is -1.00. The minimum absolute atomic E-state index is 0.301. The molecule has 0 bridgehead atoms. The van der Waals surface area contributed by atoms with E-state index in [9.17, 15) is 13.6 Å². The SMILES string of the molecule is CCSCC(C)c1cccc2c(C(=O)NCC(F)F)ccnc12. The minimum atomic E-state index is -2.56. The van der Waals surface area contributed by atoms with Crippen molar-refractivity contribution >= 4 is 28.6 Å². The van der Waals surface area contributed by atoms with Crippen molar-refractivity contribution in [2.45, 2.75) is 26.2 Å². The Bertz CT molecular complexity index is 679. The first-order valence-corrected chi connectivity index (χ1v) is 8.71. The molecule has 0 spiro atoms. The van der Waals surface area contributed by atoms with Gasteiger partial charge in [0.25, 0.3) is 12.3 Å². The van der Waals surface area contributed by atoms with Gasteiger partial charge in [0.1, 0.15) is 0 Å². The number of rotatable bonds is 7. The molecule has 0 saturated heterocycles. The lowest BCUT2D eigenvalue weighted by atomic mass is 9.97. The fraction of sp³-hybridized carbons (Fsp3) is 0.412. The fourth-order valence-corrected chi connectivity index (χ4v) is 3.21. The molecule has 23 heavy (non-hydrogen) atoms. The van der Waals surface area contributed by atoms with E-state index in [4.69, 9.17) is 0 Å². The molecule has 0 fully saturated rings. The number of nitrogens with zero attached hydrogens (tertiary/aromatic N) is 1. The van der Waals surface area contributed by atoms with E-state index in [1.165, 1.54) is 0 Å². The van der Waals surface area contributed by atoms with E-state index in [2.05, 4.69) is 24.1 Å². The van der Waals surface area contributed by atoms with Crippen molar-refractivity contribution in [2.24, 2.45) is 0 Å². The Labute approximate surface area is 138 Å². The van der Waals surface area contributed by atoms with Gasteiger partial charge in [0.2, 0.25) is 0 Å². The maximum Gasteiger partial charge on any atom is 0.255 e. The average molecular weight is 338 g/mol. The number of thioether (sulfide) groups is 1. The quantitative estimate of drug-likeness (QED) is 0.827. The van der Waals surface area contributed by atoms with Gasteiger partial charge in [-0.2, -0.15) is 11.8 Å². The molecule has 0 aliphatic heterocycles. The van der Waals surface area contributed by atoms with Gasteiger partial charge in [-0.05, 0) is 29.1 Å². The highest BCUT2D eigenvalue weighted by Gasteiger charge is 2.16. The first-order chi connectivity index (χ1) is 11.0. The highest BCUT2D eigenvalue weighted by atomic mass is 32.2. The fourth-order valence-electron chi connectivity index (χ4n) is 2.44. The molecule has 1 N–H and O–H groups in total. The zero-order valence-corrected chi connectivity index (χ0v) is 14.0. The van der Waals surface area contributed by atoms with Crippen molar-refractivity contribution in [3.05, 3.63) is 41.6 Å². The lowest BCUT2D eigenvalue weighted by molar-refractivity contribution is 0.0893. The van der Waals surface area contributed by atoms with E-state index < -0.39 is 18.9 Å². The molecule has 1 atom stereocenters. The number of benzene rings is 1. The summed E-state index contributed by atoms with van der Waals surface area (Å²) >= 11 is 1.85. The number of amides is 1. The topological polar surface area (TPSA) is 42.0 Å². The van der Waals surface area contributed by atoms with Crippen LogP contribution >= 0.6 is 11.8 Å². The van der Waals surface area contributed by atoms with Crippen LogP contribution in [0.3, 0.4) is 0 Å². The summed E-state index contributed by atoms with van der Waals surface area (Å²) in [5, 5.41) is 2.95. The summed E-state index contributed by atoms with van der Waals surface area (Å²) in [6.45, 7) is 3.60. The number of pyridine rings is 1. The molecule has 1 aromatic heterocycles. The van der Waals surface area contributed by atoms with Gasteiger partial charge >= 0.3 is 0 Å². The lowest BCUT2D eigenvalue weighted by Crippen LogP contribution is -2.28. The van der Waals surface area contributed by atoms with Gasteiger partial charge in [-0.3, -0.25) is 9.78 Å². The third-order valence-electron chi connectivity index (χ3n) is 3.57. The van der Waals surface area contributed by atoms with Gasteiger partial charge < -0.3 is 5.32 Å². The van der Waals surface area contributed by atoms with Crippen LogP contribution in [0.5, 0.6) is 0 Å². The number of alkyl halides is 2. The van der Waals surface area contributed by atoms with Crippen molar-refractivity contribution < 1.29 is 13.6 Å². The van der Waals surface area contributed by atoms with E-state index >= 15 is 0 Å². The summed E-state index contributed by atoms with van der Waals surface area (Å²) in [6, 6.07) is 7.27. The van der Waals surface area contributed by atoms with Crippen molar-refractivity contribution in [3.63, 3.8) is 0 Å². The third kappa shape index (κ3) is 4.41. The number of halogens is 2. The van der Waals surface area contributed by atoms with Gasteiger partial charge in [0, 0.05) is 11.6 Å². The number of nitrogens with one attached hydrogen (secondary N) is 1. The number of carbonyl (C=O) groups is 1. The van der Waals surface area contributed by atoms with Crippen LogP contribution in [-0.2, 0) is 0 Å². The molecule has 0 aliphatic carbocycles. The van der Waals surface area contributed by atoms with Crippen LogP contribution in [0.2, 0.25) is 0 Å². The molecule has 1 amide bonds. The minimum Gasteiger partial charge on any atom is -0.346 e. The molecule has 0 aliphatic rings. The van der Waals surface area contributed by atoms with Gasteiger partial charge in [-0.25, -0.2) is 8.78 Å². The molecule has 0 radical (unpaired) electrons. The van der Waals surface area contributed by atoms with Crippen molar-refractivity contribution in [3.8, 4) is 0 Å². The number of fused-ring (bicyclic) bond motifs is 1. The number of aromatic nitrogens is 1. The van der Waals surface area contributed by atoms with E-state index in [0.29, 0.717) is 16.9 Å². The van der Waals surface area contributed by atoms with Crippen LogP contribution in [0.1, 0.15) is 35.7 Å². The highest BCUT2D eigenvalue weighted by molar-refractivity contribution is 7.99. The summed E-state index contributed by atoms with van der Waals surface area (Å²) in [5.74, 6) is 1.82. The maximum absolute atomic E-state index is 12.3. The Kier molecular flexibility index (Phi) is 6.33. The Morgan fingerprint density at radius 3 is 2.83 bits per heavy atom. The molecule has 1 aromatic carbocycles. The van der Waals surface area contributed by atoms with E-state index in [-0.39, 0.29) is 0 Å². The summed E-state index contributed by atoms with van der Waals surface area (Å²) in [4.78, 5) is 16.6. The first-order valence-electron chi connectivity index (χ1n) is 7.56.